The normalized spacial score (nSPS) is 12.2. The molecule has 10 aromatic rings. The molecule has 10 aromatic carbocycles. The van der Waals surface area contributed by atoms with Crippen LogP contribution in [-0.4, -0.2) is 66.2 Å². The third-order valence-corrected chi connectivity index (χ3v) is 25.5. The molecule has 0 saturated heterocycles. The van der Waals surface area contributed by atoms with Crippen LogP contribution in [0.4, 0.5) is 13.2 Å². The number of aliphatic hydroxyl groups is 1. The second-order valence-electron chi connectivity index (χ2n) is 27.1. The number of phenols is 1. The van der Waals surface area contributed by atoms with Gasteiger partial charge in [0.05, 0.1) is 25.2 Å². The van der Waals surface area contributed by atoms with Crippen LogP contribution in [0.25, 0.3) is 32.3 Å². The van der Waals surface area contributed by atoms with E-state index in [-0.39, 0.29) is 50.7 Å². The summed E-state index contributed by atoms with van der Waals surface area (Å²) in [4.78, 5) is 10.8. The Morgan fingerprint density at radius 3 is 1.02 bits per heavy atom. The van der Waals surface area contributed by atoms with Crippen LogP contribution in [0, 0.1) is 33.7 Å². The van der Waals surface area contributed by atoms with Crippen molar-refractivity contribution < 1.29 is 46.5 Å². The van der Waals surface area contributed by atoms with Crippen LogP contribution < -0.4 is 30.2 Å². The first-order valence-corrected chi connectivity index (χ1v) is 34.0. The molecule has 2 N–H and O–H groups in total. The number of hydrogen-bond donors (Lipinski definition) is 2. The second-order valence-corrected chi connectivity index (χ2v) is 35.7. The van der Waals surface area contributed by atoms with E-state index < -0.39 is 22.0 Å². The van der Waals surface area contributed by atoms with E-state index >= 15 is 0 Å². The van der Waals surface area contributed by atoms with E-state index in [0.29, 0.717) is 32.2 Å². The van der Waals surface area contributed by atoms with Gasteiger partial charge in [-0.05, 0) is 150 Å². The van der Waals surface area contributed by atoms with Crippen molar-refractivity contribution in [2.45, 2.75) is 93.2 Å². The van der Waals surface area contributed by atoms with E-state index in [1.54, 1.807) is 62.4 Å². The maximum Gasteiger partial charge on any atom is 0.261 e. The van der Waals surface area contributed by atoms with Crippen LogP contribution in [0.2, 0.25) is 10.1 Å². The predicted octanol–water partition coefficient (Wildman–Crippen LogP) is 16.8. The zero-order valence-corrected chi connectivity index (χ0v) is 55.6. The van der Waals surface area contributed by atoms with E-state index in [2.05, 4.69) is 165 Å². The number of ether oxygens (including phenoxy) is 2. The number of carbonyl (C=O) groups excluding carboxylic acids is 1. The quantitative estimate of drug-likeness (QED) is 0.0653. The summed E-state index contributed by atoms with van der Waals surface area (Å²) in [6.45, 7) is 27.7. The average molecular weight is 1240 g/mol. The largest absolute Gasteiger partial charge is 0.508 e. The van der Waals surface area contributed by atoms with Gasteiger partial charge in [-0.25, -0.2) is 13.2 Å². The minimum absolute atomic E-state index is 0.0265. The molecule has 0 saturated carbocycles. The Kier molecular flexibility index (Phi) is 22.9. The average Bonchev–Trinajstić information content (AvgIpc) is 0.780. The number of halogens is 3. The molecule has 12 heteroatoms. The van der Waals surface area contributed by atoms with E-state index in [1.807, 2.05) is 56.3 Å². The lowest BCUT2D eigenvalue weighted by Crippen LogP contribution is -2.67. The standard InChI is InChI=1S/C31H35FO2Si.C21H30O2Si.C15H15FO2.C10H7FO/c1-30(2,3)35(28-12-8-6-9-13-28,29-14-10-7-11-15-29)34-23-31(4,5)22-33-27-19-17-24-16-18-26(32)20-25(24)21-27;1-20(2,3)24(18-12-8-6-9-13-18,19-14-10-7-11-15-19)23-17-21(4,5)16-22;1-15(2,9-17)10-18-14-6-4-11-3-5-13(16)7-12(11)8-14;11-9-3-1-7-2-4-10(12)6-8(7)5-9/h6-21H,22-23H2,1-5H3;6-15,22H,16-17H2,1-5H3;3-9H,10H2,1-2H3;1-6,12H. The van der Waals surface area contributed by atoms with Gasteiger partial charge >= 0.3 is 0 Å². The fraction of sp³-hybridized carbons (Fsp3) is 0.286. The molecule has 0 spiro atoms. The van der Waals surface area contributed by atoms with Crippen molar-refractivity contribution in [3.05, 3.63) is 248 Å². The van der Waals surface area contributed by atoms with Crippen molar-refractivity contribution in [3.63, 3.8) is 0 Å². The second kappa shape index (κ2) is 29.6. The smallest absolute Gasteiger partial charge is 0.261 e. The van der Waals surface area contributed by atoms with Crippen LogP contribution in [0.5, 0.6) is 17.2 Å². The van der Waals surface area contributed by atoms with Gasteiger partial charge in [0.25, 0.3) is 16.6 Å². The lowest BCUT2D eigenvalue weighted by atomic mass is 9.96. The molecule has 0 radical (unpaired) electrons. The lowest BCUT2D eigenvalue weighted by molar-refractivity contribution is -0.116. The number of benzene rings is 10. The third-order valence-electron chi connectivity index (χ3n) is 15.5. The number of aliphatic hydroxyl groups excluding tert-OH is 1. The highest BCUT2D eigenvalue weighted by molar-refractivity contribution is 7.00. The molecule has 0 amide bonds. The number of phenolic OH excluding ortho intramolecular Hbond substituents is 1. The number of hydrogen-bond acceptors (Lipinski definition) is 7. The van der Waals surface area contributed by atoms with Crippen molar-refractivity contribution in [1.29, 1.82) is 0 Å². The van der Waals surface area contributed by atoms with Crippen molar-refractivity contribution in [1.82, 2.24) is 0 Å². The Morgan fingerprint density at radius 1 is 0.371 bits per heavy atom. The van der Waals surface area contributed by atoms with Crippen LogP contribution in [0.1, 0.15) is 83.1 Å². The monoisotopic (exact) mass is 1240 g/mol. The minimum atomic E-state index is -2.61. The minimum Gasteiger partial charge on any atom is -0.508 e. The summed E-state index contributed by atoms with van der Waals surface area (Å²) in [5.41, 5.74) is -1.01. The van der Waals surface area contributed by atoms with Gasteiger partial charge in [0.15, 0.2) is 0 Å². The lowest BCUT2D eigenvalue weighted by Gasteiger charge is -2.44. The van der Waals surface area contributed by atoms with Gasteiger partial charge in [-0.3, -0.25) is 0 Å². The molecule has 10 rings (SSSR count). The van der Waals surface area contributed by atoms with E-state index in [9.17, 15) is 23.1 Å². The number of aromatic hydroxyl groups is 1. The SMILES string of the molecule is CC(C)(C=O)COc1ccc2ccc(F)cc2c1.CC(C)(CO)CO[Si](c1ccccc1)(c1ccccc1)C(C)(C)C.CC(C)(COc1ccc2ccc(F)cc2c1)CO[Si](c1ccccc1)(c1ccccc1)C(C)(C)C.Oc1ccc2ccc(F)cc2c1. The summed E-state index contributed by atoms with van der Waals surface area (Å²) in [5.74, 6) is 0.743. The molecule has 0 aliphatic rings. The molecule has 89 heavy (non-hydrogen) atoms. The van der Waals surface area contributed by atoms with E-state index in [4.69, 9.17) is 23.4 Å². The first kappa shape index (κ1) is 68.6. The third kappa shape index (κ3) is 18.2. The van der Waals surface area contributed by atoms with Crippen molar-refractivity contribution >= 4 is 76.0 Å². The Bertz CT molecular complexity index is 3750. The van der Waals surface area contributed by atoms with Gasteiger partial charge in [0.2, 0.25) is 0 Å². The number of fused-ring (bicyclic) bond motifs is 3. The summed E-state index contributed by atoms with van der Waals surface area (Å²) in [6, 6.07) is 72.7. The van der Waals surface area contributed by atoms with E-state index in [1.165, 1.54) is 51.1 Å². The molecular weight excluding hydrogens is 1150 g/mol. The highest BCUT2D eigenvalue weighted by atomic mass is 28.4. The Balaban J connectivity index is 0.000000181. The fourth-order valence-corrected chi connectivity index (χ4v) is 20.1. The first-order valence-electron chi connectivity index (χ1n) is 30.2. The van der Waals surface area contributed by atoms with Gasteiger partial charge in [0, 0.05) is 24.0 Å². The number of carbonyl (C=O) groups is 1. The Labute approximate surface area is 527 Å². The molecule has 0 fully saturated rings. The first-order chi connectivity index (χ1) is 42.1. The highest BCUT2D eigenvalue weighted by Crippen LogP contribution is 2.40. The zero-order chi connectivity index (χ0) is 64.7. The molecule has 466 valence electrons. The number of rotatable bonds is 18. The van der Waals surface area contributed by atoms with E-state index in [0.717, 1.165) is 44.4 Å². The topological polar surface area (TPSA) is 94.5 Å². The number of aldehydes is 1. The molecule has 0 atom stereocenters. The van der Waals surface area contributed by atoms with Gasteiger partial charge in [-0.15, -0.1) is 0 Å². The molecule has 0 aliphatic carbocycles. The maximum absolute atomic E-state index is 13.7. The van der Waals surface area contributed by atoms with Crippen LogP contribution in [0.3, 0.4) is 0 Å². The molecule has 0 aromatic heterocycles. The molecular formula is C77H87F3O7Si2. The Hall–Kier alpha value is -7.85. The summed E-state index contributed by atoms with van der Waals surface area (Å²) >= 11 is 0. The summed E-state index contributed by atoms with van der Waals surface area (Å²) in [5, 5.41) is 29.0. The zero-order valence-electron chi connectivity index (χ0n) is 53.6. The van der Waals surface area contributed by atoms with Gasteiger partial charge in [0.1, 0.15) is 41.0 Å². The molecule has 7 nitrogen and oxygen atoms in total. The van der Waals surface area contributed by atoms with Crippen LogP contribution >= 0.6 is 0 Å². The molecule has 0 unspecified atom stereocenters. The fourth-order valence-electron chi connectivity index (χ4n) is 10.6. The van der Waals surface area contributed by atoms with Gasteiger partial charge < -0.3 is 33.3 Å². The Morgan fingerprint density at radius 2 is 0.685 bits per heavy atom. The summed E-state index contributed by atoms with van der Waals surface area (Å²) in [6.07, 6.45) is 0.869. The van der Waals surface area contributed by atoms with Crippen molar-refractivity contribution in [2.75, 3.05) is 33.0 Å². The highest BCUT2D eigenvalue weighted by Gasteiger charge is 2.52. The maximum atomic E-state index is 13.7. The van der Waals surface area contributed by atoms with Crippen molar-refractivity contribution in [3.8, 4) is 17.2 Å². The van der Waals surface area contributed by atoms with Crippen molar-refractivity contribution in [2.24, 2.45) is 16.2 Å². The van der Waals surface area contributed by atoms with Gasteiger partial charge in [-0.1, -0.05) is 227 Å². The predicted molar refractivity (Wildman–Crippen MR) is 366 cm³/mol. The molecule has 0 bridgehead atoms. The summed E-state index contributed by atoms with van der Waals surface area (Å²) < 4.78 is 65.1. The van der Waals surface area contributed by atoms with Gasteiger partial charge in [-0.2, -0.15) is 0 Å². The van der Waals surface area contributed by atoms with Crippen LogP contribution in [-0.2, 0) is 13.6 Å². The molecule has 0 aliphatic heterocycles. The summed E-state index contributed by atoms with van der Waals surface area (Å²) in [7, 11) is -5.09. The van der Waals surface area contributed by atoms with Crippen LogP contribution in [0.15, 0.2) is 231 Å². The molecule has 0 heterocycles.